The molecule has 0 radical (unpaired) electrons. The lowest BCUT2D eigenvalue weighted by Crippen LogP contribution is -2.28. The van der Waals surface area contributed by atoms with E-state index in [-0.39, 0.29) is 45.9 Å². The molecule has 0 spiro atoms. The molecule has 4 aromatic heterocycles. The Morgan fingerprint density at radius 1 is 0.293 bits per heavy atom. The van der Waals surface area contributed by atoms with Gasteiger partial charge in [-0.1, -0.05) is 180 Å². The number of aliphatic imine (C=N–C) groups is 4. The predicted octanol–water partition coefficient (Wildman–Crippen LogP) is 26.3. The number of hydrogen-bond donors (Lipinski definition) is 0. The van der Waals surface area contributed by atoms with Crippen molar-refractivity contribution in [2.75, 3.05) is 72.0 Å². The van der Waals surface area contributed by atoms with Crippen LogP contribution in [0.1, 0.15) is 384 Å². The van der Waals surface area contributed by atoms with E-state index in [0.717, 1.165) is 337 Å². The second kappa shape index (κ2) is 55.4. The molecular weight excluding hydrogens is 1740 g/mol. The zero-order valence-electron chi connectivity index (χ0n) is 91.3. The normalized spacial score (nSPS) is 14.6. The molecule has 0 aliphatic carbocycles. The van der Waals surface area contributed by atoms with Gasteiger partial charge in [-0.3, -0.25) is 19.2 Å². The maximum atomic E-state index is 14.0. The highest BCUT2D eigenvalue weighted by atomic mass is 16.2. The van der Waals surface area contributed by atoms with Crippen molar-refractivity contribution in [1.29, 1.82) is 0 Å². The molecule has 0 amide bonds. The van der Waals surface area contributed by atoms with Gasteiger partial charge in [0.1, 0.15) is 22.8 Å². The van der Waals surface area contributed by atoms with Crippen molar-refractivity contribution in [3.8, 4) is 0 Å². The zero-order valence-corrected chi connectivity index (χ0v) is 91.3. The number of aryl methyl sites for hydroxylation is 8. The standard InChI is InChI=1S/C34H53N5O.C31H47N5O.C29H43N5O.C22H29N5O/c1-8-14-16-17-18-21-28-30(19-10-3)36-33-32(31(37-39(33)34(28)40)26(11-4)20-15-9-2)35-29-23-22-27(24-25(29)7)38(12-5)13-6;1-8-13-15-17-25-27(18-16-14-9-2)33-30-29(28(22(6)10-3)34-36(30)31(25)37)32-26-20-19-24(21-23(26)7)35(11-4)12-5;1-8-13-15-22(10-3)26-27(31-25-18-17-23(19-20(25)6)33(11-4)12-5)28-30-21(7)24(16-14-9-2)29(35)34(28)32-26;1-8-26(9-2)17-10-11-18(14(5)12-17)24-20-19(13(3)4)25-27-21(20)23-16(7)15(6)22(27)28/h22-24,26H,8-21H2,1-7H3;19-22H,8-18H2,1-7H3;17-19,22H,8-16H2,1-7H3;10-13H,8-9H2,1-7H3. The van der Waals surface area contributed by atoms with Crippen molar-refractivity contribution < 1.29 is 0 Å². The number of benzene rings is 4. The van der Waals surface area contributed by atoms with E-state index in [0.29, 0.717) is 34.6 Å². The van der Waals surface area contributed by atoms with Gasteiger partial charge < -0.3 is 19.6 Å². The molecule has 0 saturated heterocycles. The van der Waals surface area contributed by atoms with Crippen LogP contribution in [-0.4, -0.2) is 137 Å². The largest absolute Gasteiger partial charge is 0.372 e. The number of rotatable bonds is 48. The van der Waals surface area contributed by atoms with Crippen molar-refractivity contribution in [2.24, 2.45) is 64.0 Å². The highest BCUT2D eigenvalue weighted by molar-refractivity contribution is 6.51. The first kappa shape index (κ1) is 113. The molecule has 0 bridgehead atoms. The maximum Gasteiger partial charge on any atom is 0.277 e. The fourth-order valence-electron chi connectivity index (χ4n) is 18.9. The SMILES string of the molecule is CCCCCCCc1c(CCC)nc2n(c1=O)N=C(C(CC)CCCC)C2=Nc1ccc(N(CC)CC)cc1C.CCCCCc1nc2n(c(=O)c1CCCCC)N=C(C(C)CC)C2=Nc1ccc(N(CC)CC)cc1C.CCCCc1c(C)nc2n(c1=O)N=C(C(CC)CCCC)C2=Nc1ccc(N(CC)CC)cc1C.CCN(CC)c1ccc(N=C2C(C(C)C)=Nn3c2nc(C)c(C)c3=O)c(C)c1. The summed E-state index contributed by atoms with van der Waals surface area (Å²) in [5.74, 6) is 3.18. The molecule has 12 rings (SSSR count). The number of anilines is 4. The first-order valence-corrected chi connectivity index (χ1v) is 54.2. The summed E-state index contributed by atoms with van der Waals surface area (Å²) in [5.41, 5.74) is 25.7. The van der Waals surface area contributed by atoms with Gasteiger partial charge in [0, 0.05) is 127 Å². The van der Waals surface area contributed by atoms with Crippen LogP contribution in [0.3, 0.4) is 0 Å². The fraction of sp³-hybridized carbons (Fsp3) is 0.586. The molecule has 4 aliphatic heterocycles. The van der Waals surface area contributed by atoms with Gasteiger partial charge in [0.15, 0.2) is 23.3 Å². The number of aromatic nitrogens is 8. The van der Waals surface area contributed by atoms with Gasteiger partial charge in [-0.25, -0.2) is 39.9 Å². The molecule has 4 aliphatic rings. The molecule has 24 nitrogen and oxygen atoms in total. The first-order valence-electron chi connectivity index (χ1n) is 54.2. The highest BCUT2D eigenvalue weighted by Crippen LogP contribution is 2.36. The molecule has 24 heteroatoms. The van der Waals surface area contributed by atoms with E-state index in [4.69, 9.17) is 50.2 Å². The van der Waals surface area contributed by atoms with Gasteiger partial charge in [0.25, 0.3) is 22.2 Å². The second-order valence-corrected chi connectivity index (χ2v) is 38.6. The minimum absolute atomic E-state index is 0.00518. The molecule has 3 atom stereocenters. The van der Waals surface area contributed by atoms with E-state index in [9.17, 15) is 19.2 Å². The Balaban J connectivity index is 0.000000210. The summed E-state index contributed by atoms with van der Waals surface area (Å²) in [4.78, 5) is 103. The third-order valence-corrected chi connectivity index (χ3v) is 28.2. The van der Waals surface area contributed by atoms with E-state index in [1.54, 1.807) is 16.3 Å². The van der Waals surface area contributed by atoms with Gasteiger partial charge in [0.2, 0.25) is 0 Å². The van der Waals surface area contributed by atoms with Crippen molar-refractivity contribution >= 4 is 91.2 Å². The Morgan fingerprint density at radius 3 is 0.943 bits per heavy atom. The Labute approximate surface area is 839 Å². The number of nitrogens with zero attached hydrogens (tertiary/aromatic N) is 20. The molecule has 0 fully saturated rings. The highest BCUT2D eigenvalue weighted by Gasteiger charge is 2.37. The van der Waals surface area contributed by atoms with Gasteiger partial charge in [-0.2, -0.15) is 39.1 Å². The first-order chi connectivity index (χ1) is 67.5. The van der Waals surface area contributed by atoms with E-state index >= 15 is 0 Å². The summed E-state index contributed by atoms with van der Waals surface area (Å²) in [7, 11) is 0. The molecule has 8 aromatic rings. The van der Waals surface area contributed by atoms with E-state index in [1.807, 2.05) is 19.9 Å². The van der Waals surface area contributed by atoms with Crippen molar-refractivity contribution in [3.05, 3.63) is 205 Å². The molecule has 0 saturated carbocycles. The minimum Gasteiger partial charge on any atom is -0.372 e. The van der Waals surface area contributed by atoms with E-state index in [1.165, 1.54) is 51.4 Å². The van der Waals surface area contributed by atoms with Crippen LogP contribution in [0.5, 0.6) is 0 Å². The molecule has 140 heavy (non-hydrogen) atoms. The molecule has 3 unspecified atom stereocenters. The van der Waals surface area contributed by atoms with Gasteiger partial charge >= 0.3 is 0 Å². The number of fused-ring (bicyclic) bond motifs is 4. The quantitative estimate of drug-likeness (QED) is 0.0323. The molecule has 8 heterocycles. The van der Waals surface area contributed by atoms with E-state index in [2.05, 4.69) is 270 Å². The van der Waals surface area contributed by atoms with Crippen LogP contribution in [0.15, 0.2) is 132 Å². The average molecular weight is 1910 g/mol. The molecule has 4 aromatic carbocycles. The van der Waals surface area contributed by atoms with Crippen molar-refractivity contribution in [2.45, 2.75) is 374 Å². The monoisotopic (exact) mass is 1910 g/mol. The Kier molecular flexibility index (Phi) is 44.5. The maximum absolute atomic E-state index is 14.0. The van der Waals surface area contributed by atoms with Crippen LogP contribution >= 0.6 is 0 Å². The van der Waals surface area contributed by atoms with Crippen LogP contribution in [0.25, 0.3) is 0 Å². The fourth-order valence-corrected chi connectivity index (χ4v) is 18.9. The lowest BCUT2D eigenvalue weighted by atomic mass is 9.91. The summed E-state index contributed by atoms with van der Waals surface area (Å²) in [6.07, 6.45) is 28.8. The van der Waals surface area contributed by atoms with Crippen LogP contribution < -0.4 is 41.8 Å². The Morgan fingerprint density at radius 2 is 0.593 bits per heavy atom. The lowest BCUT2D eigenvalue weighted by Gasteiger charge is -2.22. The van der Waals surface area contributed by atoms with Crippen LogP contribution in [-0.2, 0) is 32.1 Å². The topological polar surface area (TPSA) is 251 Å². The van der Waals surface area contributed by atoms with Crippen molar-refractivity contribution in [3.63, 3.8) is 0 Å². The minimum atomic E-state index is -0.126. The zero-order chi connectivity index (χ0) is 102. The van der Waals surface area contributed by atoms with Crippen molar-refractivity contribution in [1.82, 2.24) is 38.6 Å². The average Bonchev–Trinajstić information content (AvgIpc) is 1.61. The van der Waals surface area contributed by atoms with Crippen LogP contribution in [0.4, 0.5) is 45.5 Å². The summed E-state index contributed by atoms with van der Waals surface area (Å²) < 4.78 is 6.06. The van der Waals surface area contributed by atoms with Gasteiger partial charge in [-0.15, -0.1) is 0 Å². The Hall–Kier alpha value is -11.0. The number of hydrogen-bond acceptors (Lipinski definition) is 20. The predicted molar refractivity (Wildman–Crippen MR) is 596 cm³/mol. The third-order valence-electron chi connectivity index (χ3n) is 28.2. The third kappa shape index (κ3) is 27.4. The summed E-state index contributed by atoms with van der Waals surface area (Å²) in [6.45, 7) is 67.3. The van der Waals surface area contributed by atoms with Crippen LogP contribution in [0.2, 0.25) is 0 Å². The smallest absolute Gasteiger partial charge is 0.277 e. The Bertz CT molecular complexity index is 6010. The second-order valence-electron chi connectivity index (χ2n) is 38.6. The lowest BCUT2D eigenvalue weighted by molar-refractivity contribution is 0.568. The summed E-state index contributed by atoms with van der Waals surface area (Å²) in [6, 6.07) is 25.6. The van der Waals surface area contributed by atoms with Crippen LogP contribution in [0, 0.1) is 72.1 Å². The van der Waals surface area contributed by atoms with Gasteiger partial charge in [0.05, 0.1) is 57.0 Å². The number of unbranched alkanes of at least 4 members (excludes halogenated alkanes) is 11. The summed E-state index contributed by atoms with van der Waals surface area (Å²) >= 11 is 0. The molecular formula is C116H172N20O4. The summed E-state index contributed by atoms with van der Waals surface area (Å²) in [5, 5.41) is 19.3. The van der Waals surface area contributed by atoms with E-state index < -0.39 is 0 Å². The molecule has 760 valence electrons. The molecule has 0 N–H and O–H groups in total. The van der Waals surface area contributed by atoms with Gasteiger partial charge in [-0.05, 0) is 295 Å².